The average Bonchev–Trinajstić information content (AvgIpc) is 2.72. The van der Waals surface area contributed by atoms with Crippen LogP contribution in [0.25, 0.3) is 0 Å². The number of carbonyl (C=O) groups excluding carboxylic acids is 1. The molecule has 1 N–H and O–H groups in total. The van der Waals surface area contributed by atoms with Crippen molar-refractivity contribution in [2.75, 3.05) is 42.7 Å². The van der Waals surface area contributed by atoms with Crippen molar-refractivity contribution in [3.63, 3.8) is 0 Å². The number of carbonyl (C=O) groups is 1. The Morgan fingerprint density at radius 1 is 1.07 bits per heavy atom. The fourth-order valence-electron chi connectivity index (χ4n) is 2.46. The summed E-state index contributed by atoms with van der Waals surface area (Å²) in [5.41, 5.74) is 4.61. The van der Waals surface area contributed by atoms with Gasteiger partial charge in [-0.1, -0.05) is 12.1 Å². The molecule has 2 aromatic rings. The summed E-state index contributed by atoms with van der Waals surface area (Å²) in [5.74, 6) is -0.0794. The van der Waals surface area contributed by atoms with Crippen LogP contribution in [0.1, 0.15) is 12.5 Å². The largest absolute Gasteiger partial charge is 0.497 e. The third-order valence-electron chi connectivity index (χ3n) is 4.16. The molecule has 2 rings (SSSR count). The highest BCUT2D eigenvalue weighted by Crippen LogP contribution is 2.22. The number of anilines is 2. The minimum atomic E-state index is -3.64. The number of nitrogens with one attached hydrogen (secondary N) is 1. The molecule has 0 heterocycles. The molecule has 1 amide bonds. The molecule has 2 aromatic carbocycles. The SMILES string of the molecule is CCS(=O)(=O)N(CC(=O)N/N=C\c1ccc(N(C)C)cc1)c1ccc(OC)cc1. The number of benzene rings is 2. The summed E-state index contributed by atoms with van der Waals surface area (Å²) in [6.45, 7) is 1.15. The molecule has 29 heavy (non-hydrogen) atoms. The third-order valence-corrected chi connectivity index (χ3v) is 5.90. The maximum absolute atomic E-state index is 12.4. The molecule has 0 saturated carbocycles. The lowest BCUT2D eigenvalue weighted by atomic mass is 10.2. The van der Waals surface area contributed by atoms with Gasteiger partial charge in [0.25, 0.3) is 5.91 Å². The second-order valence-electron chi connectivity index (χ2n) is 6.38. The van der Waals surface area contributed by atoms with E-state index in [1.807, 2.05) is 43.3 Å². The van der Waals surface area contributed by atoms with E-state index in [-0.39, 0.29) is 12.3 Å². The van der Waals surface area contributed by atoms with Gasteiger partial charge in [0, 0.05) is 19.8 Å². The first-order valence-electron chi connectivity index (χ1n) is 9.00. The Labute approximate surface area is 171 Å². The number of hydrogen-bond acceptors (Lipinski definition) is 6. The minimum absolute atomic E-state index is 0.131. The second-order valence-corrected chi connectivity index (χ2v) is 8.57. The quantitative estimate of drug-likeness (QED) is 0.497. The Morgan fingerprint density at radius 2 is 1.66 bits per heavy atom. The smallest absolute Gasteiger partial charge is 0.260 e. The van der Waals surface area contributed by atoms with E-state index in [0.29, 0.717) is 11.4 Å². The predicted octanol–water partition coefficient (Wildman–Crippen LogP) is 2.07. The zero-order valence-electron chi connectivity index (χ0n) is 17.0. The van der Waals surface area contributed by atoms with Crippen molar-refractivity contribution in [1.82, 2.24) is 5.43 Å². The molecule has 0 fully saturated rings. The Hall–Kier alpha value is -3.07. The number of rotatable bonds is 9. The number of sulfonamides is 1. The summed E-state index contributed by atoms with van der Waals surface area (Å²) in [6.07, 6.45) is 1.50. The van der Waals surface area contributed by atoms with Crippen LogP contribution in [-0.4, -0.2) is 54.0 Å². The Morgan fingerprint density at radius 3 is 2.17 bits per heavy atom. The first kappa shape index (κ1) is 22.2. The van der Waals surface area contributed by atoms with Gasteiger partial charge >= 0.3 is 0 Å². The van der Waals surface area contributed by atoms with Crippen molar-refractivity contribution >= 4 is 33.5 Å². The molecule has 0 saturated heterocycles. The van der Waals surface area contributed by atoms with Crippen molar-refractivity contribution in [1.29, 1.82) is 0 Å². The van der Waals surface area contributed by atoms with E-state index in [2.05, 4.69) is 10.5 Å². The lowest BCUT2D eigenvalue weighted by Crippen LogP contribution is -2.40. The van der Waals surface area contributed by atoms with Crippen LogP contribution in [0.15, 0.2) is 53.6 Å². The van der Waals surface area contributed by atoms with Crippen LogP contribution in [0.5, 0.6) is 5.75 Å². The van der Waals surface area contributed by atoms with Crippen LogP contribution in [0, 0.1) is 0 Å². The van der Waals surface area contributed by atoms with Crippen LogP contribution in [0.2, 0.25) is 0 Å². The van der Waals surface area contributed by atoms with Gasteiger partial charge in [0.2, 0.25) is 10.0 Å². The van der Waals surface area contributed by atoms with Crippen LogP contribution in [0.3, 0.4) is 0 Å². The fraction of sp³-hybridized carbons (Fsp3) is 0.300. The highest BCUT2D eigenvalue weighted by atomic mass is 32.2. The molecule has 0 aliphatic rings. The normalized spacial score (nSPS) is 11.3. The Balaban J connectivity index is 2.07. The number of amides is 1. The monoisotopic (exact) mass is 418 g/mol. The van der Waals surface area contributed by atoms with Crippen molar-refractivity contribution in [3.8, 4) is 5.75 Å². The fourth-order valence-corrected chi connectivity index (χ4v) is 3.53. The van der Waals surface area contributed by atoms with Crippen LogP contribution < -0.4 is 19.4 Å². The molecule has 0 aliphatic carbocycles. The topological polar surface area (TPSA) is 91.3 Å². The molecule has 156 valence electrons. The highest BCUT2D eigenvalue weighted by Gasteiger charge is 2.23. The molecule has 0 unspecified atom stereocenters. The van der Waals surface area contributed by atoms with Gasteiger partial charge < -0.3 is 9.64 Å². The van der Waals surface area contributed by atoms with Crippen molar-refractivity contribution in [2.45, 2.75) is 6.92 Å². The Bertz CT molecular complexity index is 939. The van der Waals surface area contributed by atoms with Crippen LogP contribution >= 0.6 is 0 Å². The van der Waals surface area contributed by atoms with Gasteiger partial charge in [-0.2, -0.15) is 5.10 Å². The zero-order chi connectivity index (χ0) is 21.4. The number of hydrazone groups is 1. The lowest BCUT2D eigenvalue weighted by molar-refractivity contribution is -0.119. The van der Waals surface area contributed by atoms with Gasteiger partial charge in [-0.25, -0.2) is 13.8 Å². The number of ether oxygens (including phenoxy) is 1. The molecule has 0 atom stereocenters. The maximum Gasteiger partial charge on any atom is 0.260 e. The van der Waals surface area contributed by atoms with Crippen molar-refractivity contribution in [2.24, 2.45) is 5.10 Å². The first-order chi connectivity index (χ1) is 13.8. The van der Waals surface area contributed by atoms with E-state index < -0.39 is 15.9 Å². The van der Waals surface area contributed by atoms with Gasteiger partial charge in [-0.05, 0) is 48.9 Å². The molecule has 0 aromatic heterocycles. The summed E-state index contributed by atoms with van der Waals surface area (Å²) >= 11 is 0. The van der Waals surface area contributed by atoms with E-state index in [0.717, 1.165) is 15.6 Å². The molecule has 8 nitrogen and oxygen atoms in total. The summed E-state index contributed by atoms with van der Waals surface area (Å²) in [4.78, 5) is 14.3. The van der Waals surface area contributed by atoms with E-state index in [1.54, 1.807) is 24.3 Å². The Kier molecular flexibility index (Phi) is 7.60. The number of nitrogens with zero attached hydrogens (tertiary/aromatic N) is 3. The summed E-state index contributed by atoms with van der Waals surface area (Å²) < 4.78 is 31.0. The summed E-state index contributed by atoms with van der Waals surface area (Å²) in [6, 6.07) is 14.1. The van der Waals surface area contributed by atoms with Crippen molar-refractivity contribution in [3.05, 3.63) is 54.1 Å². The molecular weight excluding hydrogens is 392 g/mol. The van der Waals surface area contributed by atoms with E-state index >= 15 is 0 Å². The standard InChI is InChI=1S/C20H26N4O4S/c1-5-29(26,27)24(18-10-12-19(28-4)13-11-18)15-20(25)22-21-14-16-6-8-17(9-7-16)23(2)3/h6-14H,5,15H2,1-4H3,(H,22,25)/b21-14-. The van der Waals surface area contributed by atoms with Crippen LogP contribution in [0.4, 0.5) is 11.4 Å². The molecule has 0 radical (unpaired) electrons. The lowest BCUT2D eigenvalue weighted by Gasteiger charge is -2.23. The van der Waals surface area contributed by atoms with E-state index in [9.17, 15) is 13.2 Å². The zero-order valence-corrected chi connectivity index (χ0v) is 17.8. The predicted molar refractivity (Wildman–Crippen MR) is 116 cm³/mol. The molecule has 0 spiro atoms. The minimum Gasteiger partial charge on any atom is -0.497 e. The van der Waals surface area contributed by atoms with Crippen molar-refractivity contribution < 1.29 is 17.9 Å². The first-order valence-corrected chi connectivity index (χ1v) is 10.6. The summed E-state index contributed by atoms with van der Waals surface area (Å²) in [5, 5.41) is 3.92. The van der Waals surface area contributed by atoms with Gasteiger partial charge in [-0.15, -0.1) is 0 Å². The second kappa shape index (κ2) is 9.92. The highest BCUT2D eigenvalue weighted by molar-refractivity contribution is 7.92. The summed E-state index contributed by atoms with van der Waals surface area (Å²) in [7, 11) is 1.77. The van der Waals surface area contributed by atoms with Gasteiger partial charge in [-0.3, -0.25) is 9.10 Å². The third kappa shape index (κ3) is 6.21. The van der Waals surface area contributed by atoms with Gasteiger partial charge in [0.05, 0.1) is 24.8 Å². The maximum atomic E-state index is 12.4. The van der Waals surface area contributed by atoms with Crippen LogP contribution in [-0.2, 0) is 14.8 Å². The molecule has 9 heteroatoms. The average molecular weight is 419 g/mol. The number of hydrogen-bond donors (Lipinski definition) is 1. The number of methoxy groups -OCH3 is 1. The molecular formula is C20H26N4O4S. The molecule has 0 aliphatic heterocycles. The van der Waals surface area contributed by atoms with Gasteiger partial charge in [0.1, 0.15) is 12.3 Å². The van der Waals surface area contributed by atoms with E-state index in [4.69, 9.17) is 4.74 Å². The van der Waals surface area contributed by atoms with Gasteiger partial charge in [0.15, 0.2) is 0 Å². The van der Waals surface area contributed by atoms with E-state index in [1.165, 1.54) is 20.2 Å². The molecule has 0 bridgehead atoms.